The molecule has 1 aliphatic rings. The molecule has 3 aromatic rings. The smallest absolute Gasteiger partial charge is 0.197 e. The third-order valence-electron chi connectivity index (χ3n) is 5.01. The summed E-state index contributed by atoms with van der Waals surface area (Å²) in [6.45, 7) is 2.51. The van der Waals surface area contributed by atoms with Gasteiger partial charge in [0.2, 0.25) is 0 Å². The van der Waals surface area contributed by atoms with Crippen molar-refractivity contribution in [3.63, 3.8) is 0 Å². The number of ether oxygens (including phenoxy) is 2. The third-order valence-corrected chi connectivity index (χ3v) is 5.01. The molecule has 1 aliphatic carbocycles. The van der Waals surface area contributed by atoms with Crippen LogP contribution < -0.4 is 9.47 Å². The predicted octanol–water partition coefficient (Wildman–Crippen LogP) is 5.00. The van der Waals surface area contributed by atoms with Crippen LogP contribution >= 0.6 is 0 Å². The van der Waals surface area contributed by atoms with Gasteiger partial charge >= 0.3 is 0 Å². The molecule has 0 amide bonds. The average molecular weight is 409 g/mol. The normalized spacial score (nSPS) is 12.3. The lowest BCUT2D eigenvalue weighted by molar-refractivity contribution is 0.0990. The summed E-state index contributed by atoms with van der Waals surface area (Å²) in [5, 5.41) is 9.24. The molecule has 0 atom stereocenters. The monoisotopic (exact) mass is 409 g/mol. The van der Waals surface area contributed by atoms with E-state index >= 15 is 0 Å². The quantitative estimate of drug-likeness (QED) is 0.423. The first kappa shape index (κ1) is 20.1. The van der Waals surface area contributed by atoms with Crippen LogP contribution in [0.25, 0.3) is 6.08 Å². The summed E-state index contributed by atoms with van der Waals surface area (Å²) in [5.74, 6) is 0.477. The number of carbonyl (C=O) groups is 2. The van der Waals surface area contributed by atoms with E-state index in [1.54, 1.807) is 60.7 Å². The third kappa shape index (κ3) is 3.96. The lowest BCUT2D eigenvalue weighted by atomic mass is 10.1. The number of ketones is 2. The maximum Gasteiger partial charge on any atom is 0.197 e. The number of hydrogen-bond donors (Lipinski definition) is 0. The van der Waals surface area contributed by atoms with Crippen LogP contribution in [0, 0.1) is 11.3 Å². The van der Waals surface area contributed by atoms with Crippen molar-refractivity contribution in [2.75, 3.05) is 6.61 Å². The van der Waals surface area contributed by atoms with Gasteiger partial charge in [-0.05, 0) is 36.8 Å². The highest BCUT2D eigenvalue weighted by molar-refractivity contribution is 6.41. The molecular weight excluding hydrogens is 390 g/mol. The maximum atomic E-state index is 12.6. The van der Waals surface area contributed by atoms with Crippen molar-refractivity contribution < 1.29 is 19.1 Å². The van der Waals surface area contributed by atoms with Gasteiger partial charge in [-0.25, -0.2) is 0 Å². The highest BCUT2D eigenvalue weighted by Gasteiger charge is 2.32. The number of Topliss-reactive ketones (excluding diaryl/α,β-unsaturated/α-hetero) is 2. The molecule has 152 valence electrons. The zero-order chi connectivity index (χ0) is 21.8. The van der Waals surface area contributed by atoms with Crippen LogP contribution in [0.1, 0.15) is 44.3 Å². The molecule has 0 heterocycles. The van der Waals surface area contributed by atoms with Crippen LogP contribution in [-0.2, 0) is 6.61 Å². The van der Waals surface area contributed by atoms with E-state index in [4.69, 9.17) is 9.47 Å². The summed E-state index contributed by atoms with van der Waals surface area (Å²) >= 11 is 0. The molecule has 0 aliphatic heterocycles. The van der Waals surface area contributed by atoms with Crippen molar-refractivity contribution in [1.29, 1.82) is 5.26 Å². The molecule has 0 unspecified atom stereocenters. The van der Waals surface area contributed by atoms with Crippen molar-refractivity contribution in [2.45, 2.75) is 13.5 Å². The number of nitriles is 1. The van der Waals surface area contributed by atoms with Gasteiger partial charge in [0.05, 0.1) is 23.8 Å². The molecule has 0 saturated heterocycles. The summed E-state index contributed by atoms with van der Waals surface area (Å²) in [6, 6.07) is 21.5. The molecule has 0 spiro atoms. The minimum atomic E-state index is -0.271. The molecule has 31 heavy (non-hydrogen) atoms. The molecular formula is C26H19NO4. The first-order chi connectivity index (χ1) is 15.1. The molecule has 5 nitrogen and oxygen atoms in total. The summed E-state index contributed by atoms with van der Waals surface area (Å²) in [6.07, 6.45) is 1.59. The maximum absolute atomic E-state index is 12.6. The number of allylic oxidation sites excluding steroid dienone is 1. The summed E-state index contributed by atoms with van der Waals surface area (Å²) in [5.41, 5.74) is 3.00. The second-order valence-electron chi connectivity index (χ2n) is 6.96. The van der Waals surface area contributed by atoms with E-state index in [-0.39, 0.29) is 23.7 Å². The summed E-state index contributed by atoms with van der Waals surface area (Å²) in [4.78, 5) is 25.3. The van der Waals surface area contributed by atoms with Gasteiger partial charge < -0.3 is 9.47 Å². The van der Waals surface area contributed by atoms with Gasteiger partial charge in [0.1, 0.15) is 6.61 Å². The zero-order valence-corrected chi connectivity index (χ0v) is 16.9. The molecule has 5 heteroatoms. The van der Waals surface area contributed by atoms with Crippen LogP contribution in [0.3, 0.4) is 0 Å². The standard InChI is InChI=1S/C26H19NO4/c1-2-30-24-14-17(13-22-25(28)20-9-5-6-10-21(20)26(22)29)11-12-23(24)31-16-19-8-4-3-7-18(19)15-27/h3-14H,2,16H2,1H3. The Hall–Kier alpha value is -4.17. The Balaban J connectivity index is 1.61. The predicted molar refractivity (Wildman–Crippen MR) is 116 cm³/mol. The Labute approximate surface area is 180 Å². The van der Waals surface area contributed by atoms with Gasteiger partial charge in [-0.1, -0.05) is 48.5 Å². The largest absolute Gasteiger partial charge is 0.490 e. The molecule has 0 N–H and O–H groups in total. The van der Waals surface area contributed by atoms with Gasteiger partial charge in [-0.15, -0.1) is 0 Å². The van der Waals surface area contributed by atoms with Gasteiger partial charge in [0.25, 0.3) is 0 Å². The molecule has 0 fully saturated rings. The van der Waals surface area contributed by atoms with E-state index in [2.05, 4.69) is 6.07 Å². The first-order valence-corrected chi connectivity index (χ1v) is 9.90. The molecule has 0 radical (unpaired) electrons. The van der Waals surface area contributed by atoms with Gasteiger partial charge in [0, 0.05) is 16.7 Å². The lowest BCUT2D eigenvalue weighted by Crippen LogP contribution is -2.02. The first-order valence-electron chi connectivity index (χ1n) is 9.90. The van der Waals surface area contributed by atoms with E-state index in [1.165, 1.54) is 0 Å². The highest BCUT2D eigenvalue weighted by atomic mass is 16.5. The van der Waals surface area contributed by atoms with E-state index in [0.29, 0.717) is 40.4 Å². The number of rotatable bonds is 6. The van der Waals surface area contributed by atoms with Gasteiger partial charge in [0.15, 0.2) is 23.1 Å². The second-order valence-corrected chi connectivity index (χ2v) is 6.96. The number of hydrogen-bond acceptors (Lipinski definition) is 5. The Morgan fingerprint density at radius 3 is 2.23 bits per heavy atom. The Morgan fingerprint density at radius 2 is 1.55 bits per heavy atom. The minimum absolute atomic E-state index is 0.139. The fourth-order valence-corrected chi connectivity index (χ4v) is 3.48. The number of nitrogens with zero attached hydrogens (tertiary/aromatic N) is 1. The van der Waals surface area contributed by atoms with Crippen molar-refractivity contribution >= 4 is 17.6 Å². The Bertz CT molecular complexity index is 1210. The molecule has 0 saturated carbocycles. The fraction of sp³-hybridized carbons (Fsp3) is 0.115. The van der Waals surface area contributed by atoms with Crippen LogP contribution in [0.4, 0.5) is 0 Å². The summed E-state index contributed by atoms with van der Waals surface area (Å²) in [7, 11) is 0. The van der Waals surface area contributed by atoms with E-state index in [0.717, 1.165) is 5.56 Å². The number of fused-ring (bicyclic) bond motifs is 1. The van der Waals surface area contributed by atoms with Crippen LogP contribution in [0.5, 0.6) is 11.5 Å². The minimum Gasteiger partial charge on any atom is -0.490 e. The lowest BCUT2D eigenvalue weighted by Gasteiger charge is -2.13. The summed E-state index contributed by atoms with van der Waals surface area (Å²) < 4.78 is 11.6. The van der Waals surface area contributed by atoms with Crippen LogP contribution in [-0.4, -0.2) is 18.2 Å². The van der Waals surface area contributed by atoms with Crippen molar-refractivity contribution in [3.8, 4) is 17.6 Å². The van der Waals surface area contributed by atoms with Crippen molar-refractivity contribution in [1.82, 2.24) is 0 Å². The highest BCUT2D eigenvalue weighted by Crippen LogP contribution is 2.32. The van der Waals surface area contributed by atoms with Crippen LogP contribution in [0.15, 0.2) is 72.3 Å². The van der Waals surface area contributed by atoms with E-state index in [9.17, 15) is 14.9 Å². The topological polar surface area (TPSA) is 76.4 Å². The molecule has 3 aromatic carbocycles. The molecule has 4 rings (SSSR count). The van der Waals surface area contributed by atoms with Gasteiger partial charge in [-0.2, -0.15) is 5.26 Å². The van der Waals surface area contributed by atoms with Crippen LogP contribution in [0.2, 0.25) is 0 Å². The Morgan fingerprint density at radius 1 is 0.871 bits per heavy atom. The van der Waals surface area contributed by atoms with Crippen molar-refractivity contribution in [3.05, 3.63) is 100 Å². The van der Waals surface area contributed by atoms with Crippen molar-refractivity contribution in [2.24, 2.45) is 0 Å². The molecule has 0 bridgehead atoms. The average Bonchev–Trinajstić information content (AvgIpc) is 3.04. The Kier molecular flexibility index (Phi) is 5.63. The zero-order valence-electron chi connectivity index (χ0n) is 16.9. The fourth-order valence-electron chi connectivity index (χ4n) is 3.48. The van der Waals surface area contributed by atoms with E-state index in [1.807, 2.05) is 19.1 Å². The van der Waals surface area contributed by atoms with E-state index < -0.39 is 0 Å². The molecule has 0 aromatic heterocycles. The second kappa shape index (κ2) is 8.68. The van der Waals surface area contributed by atoms with Gasteiger partial charge in [-0.3, -0.25) is 9.59 Å². The SMILES string of the molecule is CCOc1cc(C=C2C(=O)c3ccccc3C2=O)ccc1OCc1ccccc1C#N. The number of carbonyl (C=O) groups excluding carboxylic acids is 2. The number of benzene rings is 3.